The van der Waals surface area contributed by atoms with Gasteiger partial charge in [0.15, 0.2) is 0 Å². The van der Waals surface area contributed by atoms with Crippen LogP contribution in [0.3, 0.4) is 0 Å². The third-order valence-corrected chi connectivity index (χ3v) is 2.62. The Morgan fingerprint density at radius 2 is 2.18 bits per heavy atom. The maximum Gasteiger partial charge on any atom is 0.354 e. The van der Waals surface area contributed by atoms with E-state index in [-0.39, 0.29) is 5.69 Å². The number of hydrogen-bond acceptors (Lipinski definition) is 2. The van der Waals surface area contributed by atoms with Gasteiger partial charge in [-0.25, -0.2) is 4.79 Å². The molecule has 17 heavy (non-hydrogen) atoms. The number of rotatable bonds is 3. The highest BCUT2D eigenvalue weighted by molar-refractivity contribution is 5.85. The summed E-state index contributed by atoms with van der Waals surface area (Å²) in [5, 5.41) is 13.1. The van der Waals surface area contributed by atoms with E-state index in [1.807, 2.05) is 25.1 Å². The number of aromatic nitrogens is 2. The number of carbonyl (C=O) groups is 1. The molecule has 4 nitrogen and oxygen atoms in total. The van der Waals surface area contributed by atoms with Gasteiger partial charge in [0.2, 0.25) is 0 Å². The zero-order valence-corrected chi connectivity index (χ0v) is 9.84. The lowest BCUT2D eigenvalue weighted by molar-refractivity contribution is 0.0685. The summed E-state index contributed by atoms with van der Waals surface area (Å²) < 4.78 is 1.40. The van der Waals surface area contributed by atoms with Gasteiger partial charge in [0.1, 0.15) is 5.69 Å². The summed E-state index contributed by atoms with van der Waals surface area (Å²) >= 11 is 0. The molecule has 0 aliphatic carbocycles. The van der Waals surface area contributed by atoms with Gasteiger partial charge in [-0.2, -0.15) is 5.10 Å². The lowest BCUT2D eigenvalue weighted by Crippen LogP contribution is -2.04. The fourth-order valence-corrected chi connectivity index (χ4v) is 1.84. The Bertz CT molecular complexity index is 558. The van der Waals surface area contributed by atoms with Crippen molar-refractivity contribution in [1.29, 1.82) is 0 Å². The highest BCUT2D eigenvalue weighted by atomic mass is 16.4. The molecule has 0 fully saturated rings. The molecule has 0 bridgehead atoms. The summed E-state index contributed by atoms with van der Waals surface area (Å²) in [6, 6.07) is 9.73. The first kappa shape index (κ1) is 11.4. The van der Waals surface area contributed by atoms with Crippen LogP contribution in [0.5, 0.6) is 0 Å². The van der Waals surface area contributed by atoms with Crippen molar-refractivity contribution in [3.63, 3.8) is 0 Å². The molecule has 0 aliphatic rings. The van der Waals surface area contributed by atoms with Crippen LogP contribution in [-0.4, -0.2) is 20.9 Å². The van der Waals surface area contributed by atoms with Gasteiger partial charge < -0.3 is 5.11 Å². The number of aromatic carboxylic acids is 1. The smallest absolute Gasteiger partial charge is 0.354 e. The number of carboxylic acid groups (broad SMARTS) is 1. The molecule has 0 unspecified atom stereocenters. The Hall–Kier alpha value is -2.10. The fraction of sp³-hybridized carbons (Fsp3) is 0.231. The molecule has 88 valence electrons. The monoisotopic (exact) mass is 230 g/mol. The Labute approximate surface area is 99.5 Å². The molecule has 0 saturated carbocycles. The molecule has 2 aromatic rings. The number of carboxylic acids is 1. The summed E-state index contributed by atoms with van der Waals surface area (Å²) in [6.45, 7) is 2.03. The van der Waals surface area contributed by atoms with Gasteiger partial charge in [-0.15, -0.1) is 0 Å². The molecular weight excluding hydrogens is 216 g/mol. The molecule has 1 heterocycles. The maximum absolute atomic E-state index is 10.9. The van der Waals surface area contributed by atoms with E-state index in [0.29, 0.717) is 6.42 Å². The molecule has 0 radical (unpaired) electrons. The number of nitrogens with zero attached hydrogens (tertiary/aromatic N) is 2. The van der Waals surface area contributed by atoms with Crippen LogP contribution in [0.15, 0.2) is 30.3 Å². The van der Waals surface area contributed by atoms with Crippen molar-refractivity contribution in [2.45, 2.75) is 13.3 Å². The van der Waals surface area contributed by atoms with Crippen molar-refractivity contribution < 1.29 is 9.90 Å². The lowest BCUT2D eigenvalue weighted by Gasteiger charge is -1.99. The minimum absolute atomic E-state index is 0.215. The van der Waals surface area contributed by atoms with E-state index in [0.717, 1.165) is 11.3 Å². The lowest BCUT2D eigenvalue weighted by atomic mass is 10.1. The average molecular weight is 230 g/mol. The van der Waals surface area contributed by atoms with Crippen LogP contribution in [0.25, 0.3) is 0 Å². The van der Waals surface area contributed by atoms with Gasteiger partial charge in [-0.05, 0) is 18.6 Å². The first-order chi connectivity index (χ1) is 8.06. The van der Waals surface area contributed by atoms with E-state index in [1.165, 1.54) is 10.2 Å². The Balaban J connectivity index is 2.25. The Morgan fingerprint density at radius 1 is 1.41 bits per heavy atom. The Kier molecular flexibility index (Phi) is 2.95. The van der Waals surface area contributed by atoms with Crippen molar-refractivity contribution in [3.05, 3.63) is 52.8 Å². The van der Waals surface area contributed by atoms with Crippen LogP contribution in [0.2, 0.25) is 0 Å². The highest BCUT2D eigenvalue weighted by Gasteiger charge is 2.11. The summed E-state index contributed by atoms with van der Waals surface area (Å²) in [5.41, 5.74) is 3.32. The van der Waals surface area contributed by atoms with Crippen molar-refractivity contribution in [1.82, 2.24) is 9.78 Å². The third kappa shape index (κ3) is 2.53. The zero-order chi connectivity index (χ0) is 12.4. The molecule has 0 saturated heterocycles. The van der Waals surface area contributed by atoms with Crippen LogP contribution in [0.1, 0.15) is 27.3 Å². The summed E-state index contributed by atoms with van der Waals surface area (Å²) in [7, 11) is 1.64. The zero-order valence-electron chi connectivity index (χ0n) is 9.84. The van der Waals surface area contributed by atoms with Crippen molar-refractivity contribution in [2.75, 3.05) is 0 Å². The molecule has 1 aromatic heterocycles. The fourth-order valence-electron chi connectivity index (χ4n) is 1.84. The average Bonchev–Trinajstić information content (AvgIpc) is 2.59. The minimum Gasteiger partial charge on any atom is -0.477 e. The summed E-state index contributed by atoms with van der Waals surface area (Å²) in [6.07, 6.45) is 0.656. The second kappa shape index (κ2) is 4.41. The molecule has 0 atom stereocenters. The first-order valence-electron chi connectivity index (χ1n) is 5.38. The van der Waals surface area contributed by atoms with Crippen molar-refractivity contribution >= 4 is 5.97 Å². The summed E-state index contributed by atoms with van der Waals surface area (Å²) in [5.74, 6) is -0.949. The SMILES string of the molecule is Cc1cccc(Cc2cc(C(=O)O)n(C)n2)c1. The minimum atomic E-state index is -0.949. The van der Waals surface area contributed by atoms with E-state index in [9.17, 15) is 4.79 Å². The number of aryl methyl sites for hydroxylation is 2. The largest absolute Gasteiger partial charge is 0.477 e. The second-order valence-electron chi connectivity index (χ2n) is 4.12. The predicted octanol–water partition coefficient (Wildman–Crippen LogP) is 2.02. The van der Waals surface area contributed by atoms with Crippen LogP contribution in [0.4, 0.5) is 0 Å². The molecule has 1 N–H and O–H groups in total. The quantitative estimate of drug-likeness (QED) is 0.877. The number of benzene rings is 1. The van der Waals surface area contributed by atoms with E-state index >= 15 is 0 Å². The first-order valence-corrected chi connectivity index (χ1v) is 5.38. The Morgan fingerprint density at radius 3 is 2.76 bits per heavy atom. The van der Waals surface area contributed by atoms with Gasteiger partial charge in [0.05, 0.1) is 5.69 Å². The van der Waals surface area contributed by atoms with Crippen LogP contribution in [0, 0.1) is 6.92 Å². The van der Waals surface area contributed by atoms with Crippen molar-refractivity contribution in [3.8, 4) is 0 Å². The topological polar surface area (TPSA) is 55.1 Å². The standard InChI is InChI=1S/C13H14N2O2/c1-9-4-3-5-10(6-9)7-11-8-12(13(16)17)15(2)14-11/h3-6,8H,7H2,1-2H3,(H,16,17). The second-order valence-corrected chi connectivity index (χ2v) is 4.12. The predicted molar refractivity (Wildman–Crippen MR) is 64.2 cm³/mol. The van der Waals surface area contributed by atoms with E-state index in [4.69, 9.17) is 5.11 Å². The summed E-state index contributed by atoms with van der Waals surface area (Å²) in [4.78, 5) is 10.9. The van der Waals surface area contributed by atoms with E-state index < -0.39 is 5.97 Å². The molecule has 4 heteroatoms. The van der Waals surface area contributed by atoms with Gasteiger partial charge in [-0.3, -0.25) is 4.68 Å². The van der Waals surface area contributed by atoms with Gasteiger partial charge >= 0.3 is 5.97 Å². The molecular formula is C13H14N2O2. The van der Waals surface area contributed by atoms with E-state index in [2.05, 4.69) is 11.2 Å². The molecule has 0 aliphatic heterocycles. The van der Waals surface area contributed by atoms with Crippen LogP contribution < -0.4 is 0 Å². The third-order valence-electron chi connectivity index (χ3n) is 2.62. The molecule has 1 aromatic carbocycles. The van der Waals surface area contributed by atoms with Crippen molar-refractivity contribution in [2.24, 2.45) is 7.05 Å². The molecule has 2 rings (SSSR count). The van der Waals surface area contributed by atoms with Crippen LogP contribution >= 0.6 is 0 Å². The van der Waals surface area contributed by atoms with Gasteiger partial charge in [0, 0.05) is 13.5 Å². The molecule has 0 amide bonds. The van der Waals surface area contributed by atoms with Gasteiger partial charge in [0.25, 0.3) is 0 Å². The van der Waals surface area contributed by atoms with Gasteiger partial charge in [-0.1, -0.05) is 29.8 Å². The normalized spacial score (nSPS) is 10.5. The number of hydrogen-bond donors (Lipinski definition) is 1. The highest BCUT2D eigenvalue weighted by Crippen LogP contribution is 2.11. The maximum atomic E-state index is 10.9. The van der Waals surface area contributed by atoms with E-state index in [1.54, 1.807) is 13.1 Å². The molecule has 0 spiro atoms. The van der Waals surface area contributed by atoms with Crippen LogP contribution in [-0.2, 0) is 13.5 Å².